The first-order chi connectivity index (χ1) is 10.2. The molecule has 0 bridgehead atoms. The predicted octanol–water partition coefficient (Wildman–Crippen LogP) is 3.50. The molecule has 4 heteroatoms. The summed E-state index contributed by atoms with van der Waals surface area (Å²) in [6, 6.07) is 8.24. The number of fused-ring (bicyclic) bond motifs is 1. The molecule has 1 unspecified atom stereocenters. The second kappa shape index (κ2) is 5.98. The van der Waals surface area contributed by atoms with Crippen molar-refractivity contribution >= 4 is 33.8 Å². The molecule has 110 valence electrons. The van der Waals surface area contributed by atoms with Gasteiger partial charge in [0.05, 0.1) is 16.8 Å². The molecule has 1 aromatic carbocycles. The molecule has 1 aliphatic rings. The fraction of sp³-hybridized carbons (Fsp3) is 0.412. The van der Waals surface area contributed by atoms with E-state index >= 15 is 0 Å². The number of hydrogen-bond acceptors (Lipinski definition) is 3. The number of para-hydroxylation sites is 1. The Morgan fingerprint density at radius 1 is 1.43 bits per heavy atom. The fourth-order valence-electron chi connectivity index (χ4n) is 3.25. The molecule has 1 atom stereocenters. The van der Waals surface area contributed by atoms with Crippen molar-refractivity contribution in [1.29, 1.82) is 0 Å². The third kappa shape index (κ3) is 2.72. The van der Waals surface area contributed by atoms with Crippen molar-refractivity contribution in [3.8, 4) is 0 Å². The average Bonchev–Trinajstić information content (AvgIpc) is 2.53. The number of benzene rings is 1. The first-order valence-corrected chi connectivity index (χ1v) is 8.04. The highest BCUT2D eigenvalue weighted by molar-refractivity contribution is 7.80. The lowest BCUT2D eigenvalue weighted by Crippen LogP contribution is -2.36. The minimum Gasteiger partial charge on any atom is -0.389 e. The van der Waals surface area contributed by atoms with Gasteiger partial charge < -0.3 is 10.6 Å². The van der Waals surface area contributed by atoms with Crippen molar-refractivity contribution < 1.29 is 0 Å². The van der Waals surface area contributed by atoms with Crippen molar-refractivity contribution in [2.75, 3.05) is 18.0 Å². The second-order valence-electron chi connectivity index (χ2n) is 5.76. The van der Waals surface area contributed by atoms with Gasteiger partial charge in [-0.15, -0.1) is 0 Å². The number of hydrogen-bond donors (Lipinski definition) is 1. The van der Waals surface area contributed by atoms with Crippen LogP contribution in [0.5, 0.6) is 0 Å². The zero-order valence-corrected chi connectivity index (χ0v) is 13.2. The highest BCUT2D eigenvalue weighted by Crippen LogP contribution is 2.33. The standard InChI is InChI=1S/C17H21N3S/c1-2-12-6-5-9-20(11-12)16-13-7-3-4-8-15(13)19-10-14(16)17(18)21/h3-4,7-8,10,12H,2,5-6,9,11H2,1H3,(H2,18,21). The summed E-state index contributed by atoms with van der Waals surface area (Å²) < 4.78 is 0. The van der Waals surface area contributed by atoms with Crippen LogP contribution in [0, 0.1) is 5.92 Å². The number of nitrogens with zero attached hydrogens (tertiary/aromatic N) is 2. The molecule has 2 N–H and O–H groups in total. The monoisotopic (exact) mass is 299 g/mol. The molecule has 0 spiro atoms. The van der Waals surface area contributed by atoms with E-state index in [4.69, 9.17) is 18.0 Å². The summed E-state index contributed by atoms with van der Waals surface area (Å²) in [5, 5.41) is 1.15. The van der Waals surface area contributed by atoms with Crippen molar-refractivity contribution in [3.63, 3.8) is 0 Å². The first kappa shape index (κ1) is 14.3. The minimum atomic E-state index is 0.432. The third-order valence-corrected chi connectivity index (χ3v) is 4.64. The summed E-state index contributed by atoms with van der Waals surface area (Å²) in [4.78, 5) is 7.39. The zero-order valence-electron chi connectivity index (χ0n) is 12.4. The van der Waals surface area contributed by atoms with Gasteiger partial charge in [-0.1, -0.05) is 43.8 Å². The number of pyridine rings is 1. The highest BCUT2D eigenvalue weighted by atomic mass is 32.1. The Bertz CT molecular complexity index is 668. The largest absolute Gasteiger partial charge is 0.389 e. The van der Waals surface area contributed by atoms with Gasteiger partial charge in [0.15, 0.2) is 0 Å². The van der Waals surface area contributed by atoms with Crippen molar-refractivity contribution in [2.45, 2.75) is 26.2 Å². The summed E-state index contributed by atoms with van der Waals surface area (Å²) in [5.41, 5.74) is 9.03. The number of aromatic nitrogens is 1. The molecule has 1 saturated heterocycles. The maximum Gasteiger partial charge on any atom is 0.107 e. The summed E-state index contributed by atoms with van der Waals surface area (Å²) in [6.45, 7) is 4.42. The lowest BCUT2D eigenvalue weighted by molar-refractivity contribution is 0.405. The molecule has 1 aliphatic heterocycles. The molecule has 21 heavy (non-hydrogen) atoms. The molecule has 1 aromatic heterocycles. The average molecular weight is 299 g/mol. The topological polar surface area (TPSA) is 42.1 Å². The lowest BCUT2D eigenvalue weighted by atomic mass is 9.94. The summed E-state index contributed by atoms with van der Waals surface area (Å²) in [6.07, 6.45) is 5.60. The van der Waals surface area contributed by atoms with E-state index < -0.39 is 0 Å². The Morgan fingerprint density at radius 3 is 3.00 bits per heavy atom. The van der Waals surface area contributed by atoms with E-state index in [0.29, 0.717) is 4.99 Å². The summed E-state index contributed by atoms with van der Waals surface area (Å²) in [5.74, 6) is 0.755. The summed E-state index contributed by atoms with van der Waals surface area (Å²) in [7, 11) is 0. The smallest absolute Gasteiger partial charge is 0.107 e. The molecule has 3 nitrogen and oxygen atoms in total. The van der Waals surface area contributed by atoms with Crippen LogP contribution < -0.4 is 10.6 Å². The van der Waals surface area contributed by atoms with E-state index in [2.05, 4.69) is 28.9 Å². The zero-order chi connectivity index (χ0) is 14.8. The SMILES string of the molecule is CCC1CCCN(c2c(C(N)=S)cnc3ccccc23)C1. The van der Waals surface area contributed by atoms with Gasteiger partial charge in [0, 0.05) is 24.7 Å². The Balaban J connectivity index is 2.14. The molecular weight excluding hydrogens is 278 g/mol. The lowest BCUT2D eigenvalue weighted by Gasteiger charge is -2.35. The number of nitrogens with two attached hydrogens (primary N) is 1. The number of rotatable bonds is 3. The molecule has 2 aromatic rings. The van der Waals surface area contributed by atoms with Crippen LogP contribution in [0.4, 0.5) is 5.69 Å². The molecule has 0 amide bonds. The molecule has 0 saturated carbocycles. The Hall–Kier alpha value is -1.68. The van der Waals surface area contributed by atoms with E-state index in [0.717, 1.165) is 35.5 Å². The van der Waals surface area contributed by atoms with Gasteiger partial charge in [0.2, 0.25) is 0 Å². The van der Waals surface area contributed by atoms with Crippen LogP contribution in [-0.4, -0.2) is 23.1 Å². The van der Waals surface area contributed by atoms with Crippen molar-refractivity contribution in [3.05, 3.63) is 36.0 Å². The Labute approximate surface area is 131 Å². The van der Waals surface area contributed by atoms with E-state index in [9.17, 15) is 0 Å². The van der Waals surface area contributed by atoms with Gasteiger partial charge in [-0.3, -0.25) is 4.98 Å². The molecule has 1 fully saturated rings. The molecule has 3 rings (SSSR count). The second-order valence-corrected chi connectivity index (χ2v) is 6.20. The van der Waals surface area contributed by atoms with Gasteiger partial charge in [-0.2, -0.15) is 0 Å². The first-order valence-electron chi connectivity index (χ1n) is 7.63. The molecule has 0 radical (unpaired) electrons. The maximum absolute atomic E-state index is 5.94. The van der Waals surface area contributed by atoms with E-state index in [1.807, 2.05) is 18.3 Å². The third-order valence-electron chi connectivity index (χ3n) is 4.43. The fourth-order valence-corrected chi connectivity index (χ4v) is 3.40. The predicted molar refractivity (Wildman–Crippen MR) is 92.9 cm³/mol. The van der Waals surface area contributed by atoms with Crippen LogP contribution in [0.3, 0.4) is 0 Å². The minimum absolute atomic E-state index is 0.432. The number of thiocarbonyl (C=S) groups is 1. The number of anilines is 1. The van der Waals surface area contributed by atoms with Crippen LogP contribution in [-0.2, 0) is 0 Å². The number of piperidine rings is 1. The Morgan fingerprint density at radius 2 is 2.24 bits per heavy atom. The van der Waals surface area contributed by atoms with Crippen LogP contribution in [0.2, 0.25) is 0 Å². The highest BCUT2D eigenvalue weighted by Gasteiger charge is 2.23. The molecular formula is C17H21N3S. The van der Waals surface area contributed by atoms with E-state index in [-0.39, 0.29) is 0 Å². The van der Waals surface area contributed by atoms with Gasteiger partial charge in [-0.05, 0) is 24.8 Å². The van der Waals surface area contributed by atoms with Crippen LogP contribution in [0.15, 0.2) is 30.5 Å². The summed E-state index contributed by atoms with van der Waals surface area (Å²) >= 11 is 5.25. The molecule has 0 aliphatic carbocycles. The quantitative estimate of drug-likeness (QED) is 0.881. The van der Waals surface area contributed by atoms with Gasteiger partial charge >= 0.3 is 0 Å². The van der Waals surface area contributed by atoms with Crippen molar-refractivity contribution in [1.82, 2.24) is 4.98 Å². The van der Waals surface area contributed by atoms with Gasteiger partial charge in [0.1, 0.15) is 4.99 Å². The van der Waals surface area contributed by atoms with Crippen LogP contribution in [0.25, 0.3) is 10.9 Å². The normalized spacial score (nSPS) is 18.9. The van der Waals surface area contributed by atoms with E-state index in [1.54, 1.807) is 0 Å². The Kier molecular flexibility index (Phi) is 4.06. The van der Waals surface area contributed by atoms with Gasteiger partial charge in [-0.25, -0.2) is 0 Å². The maximum atomic E-state index is 5.94. The van der Waals surface area contributed by atoms with E-state index in [1.165, 1.54) is 24.9 Å². The van der Waals surface area contributed by atoms with Crippen molar-refractivity contribution in [2.24, 2.45) is 11.7 Å². The van der Waals surface area contributed by atoms with Crippen LogP contribution in [0.1, 0.15) is 31.7 Å². The van der Waals surface area contributed by atoms with Gasteiger partial charge in [0.25, 0.3) is 0 Å². The van der Waals surface area contributed by atoms with Crippen LogP contribution >= 0.6 is 12.2 Å². The molecule has 2 heterocycles.